The summed E-state index contributed by atoms with van der Waals surface area (Å²) in [6.07, 6.45) is 0. The first-order chi connectivity index (χ1) is 9.23. The van der Waals surface area contributed by atoms with Crippen molar-refractivity contribution in [3.05, 3.63) is 29.3 Å². The molecule has 0 spiro atoms. The van der Waals surface area contributed by atoms with E-state index in [1.807, 2.05) is 0 Å². The lowest BCUT2D eigenvalue weighted by Gasteiger charge is -2.24. The molecule has 1 aromatic carbocycles. The van der Waals surface area contributed by atoms with Crippen LogP contribution < -0.4 is 15.5 Å². The molecule has 0 aliphatic rings. The number of hydrogen-bond donors (Lipinski definition) is 2. The Morgan fingerprint density at radius 1 is 1.24 bits per heavy atom. The van der Waals surface area contributed by atoms with Crippen molar-refractivity contribution in [1.29, 1.82) is 0 Å². The Balaban J connectivity index is 0.00000400. The largest absolute Gasteiger partial charge is 0.378 e. The predicted molar refractivity (Wildman–Crippen MR) is 104 cm³/mol. The first-order valence-electron chi connectivity index (χ1n) is 6.98. The lowest BCUT2D eigenvalue weighted by Crippen LogP contribution is -2.47. The van der Waals surface area contributed by atoms with E-state index in [9.17, 15) is 0 Å². The smallest absolute Gasteiger partial charge is 0.191 e. The monoisotopic (exact) mass is 404 g/mol. The second-order valence-corrected chi connectivity index (χ2v) is 6.31. The fourth-order valence-corrected chi connectivity index (χ4v) is 1.87. The van der Waals surface area contributed by atoms with Gasteiger partial charge in [0.2, 0.25) is 0 Å². The topological polar surface area (TPSA) is 39.7 Å². The molecule has 0 aliphatic heterocycles. The number of aryl methyl sites for hydroxylation is 1. The molecule has 4 nitrogen and oxygen atoms in total. The highest BCUT2D eigenvalue weighted by Gasteiger charge is 2.11. The van der Waals surface area contributed by atoms with Crippen LogP contribution in [0, 0.1) is 6.92 Å². The van der Waals surface area contributed by atoms with Gasteiger partial charge in [0.1, 0.15) is 0 Å². The predicted octanol–water partition coefficient (Wildman–Crippen LogP) is 3.14. The Labute approximate surface area is 146 Å². The Kier molecular flexibility index (Phi) is 8.06. The number of anilines is 1. The third kappa shape index (κ3) is 7.02. The molecule has 0 saturated carbocycles. The van der Waals surface area contributed by atoms with Crippen molar-refractivity contribution < 1.29 is 0 Å². The Morgan fingerprint density at radius 2 is 1.86 bits per heavy atom. The summed E-state index contributed by atoms with van der Waals surface area (Å²) in [5, 5.41) is 6.71. The van der Waals surface area contributed by atoms with E-state index in [4.69, 9.17) is 0 Å². The molecule has 1 aromatic rings. The van der Waals surface area contributed by atoms with Gasteiger partial charge in [-0.15, -0.1) is 24.0 Å². The average Bonchev–Trinajstić information content (AvgIpc) is 2.34. The van der Waals surface area contributed by atoms with Gasteiger partial charge in [-0.25, -0.2) is 0 Å². The molecular weight excluding hydrogens is 375 g/mol. The quantitative estimate of drug-likeness (QED) is 0.462. The number of guanidine groups is 1. The van der Waals surface area contributed by atoms with Gasteiger partial charge in [0.25, 0.3) is 0 Å². The van der Waals surface area contributed by atoms with Crippen molar-refractivity contribution in [3.8, 4) is 0 Å². The molecule has 2 N–H and O–H groups in total. The van der Waals surface area contributed by atoms with Gasteiger partial charge < -0.3 is 15.5 Å². The highest BCUT2D eigenvalue weighted by atomic mass is 127. The number of nitrogens with zero attached hydrogens (tertiary/aromatic N) is 2. The third-order valence-electron chi connectivity index (χ3n) is 3.01. The zero-order valence-corrected chi connectivity index (χ0v) is 16.6. The van der Waals surface area contributed by atoms with Gasteiger partial charge in [-0.1, -0.05) is 6.07 Å². The number of benzene rings is 1. The molecule has 0 amide bonds. The molecule has 0 unspecified atom stereocenters. The number of rotatable bonds is 3. The van der Waals surface area contributed by atoms with Crippen LogP contribution in [0.5, 0.6) is 0 Å². The van der Waals surface area contributed by atoms with E-state index in [2.05, 4.69) is 80.5 Å². The summed E-state index contributed by atoms with van der Waals surface area (Å²) in [5.74, 6) is 0.827. The maximum atomic E-state index is 4.25. The van der Waals surface area contributed by atoms with E-state index in [0.29, 0.717) is 0 Å². The van der Waals surface area contributed by atoms with Gasteiger partial charge in [-0.2, -0.15) is 0 Å². The van der Waals surface area contributed by atoms with Crippen LogP contribution in [0.3, 0.4) is 0 Å². The molecule has 5 heteroatoms. The summed E-state index contributed by atoms with van der Waals surface area (Å²) in [7, 11) is 5.91. The number of aliphatic imine (C=N–C) groups is 1. The zero-order valence-electron chi connectivity index (χ0n) is 14.2. The maximum absolute atomic E-state index is 4.25. The number of nitrogens with one attached hydrogen (secondary N) is 2. The fraction of sp³-hybridized carbons (Fsp3) is 0.562. The van der Waals surface area contributed by atoms with Gasteiger partial charge >= 0.3 is 0 Å². The van der Waals surface area contributed by atoms with Crippen LogP contribution in [0.15, 0.2) is 23.2 Å². The van der Waals surface area contributed by atoms with E-state index in [1.54, 1.807) is 7.05 Å². The SMILES string of the molecule is CN=C(NCc1ccc(N(C)C)cc1C)NC(C)(C)C.I. The molecule has 120 valence electrons. The number of halogens is 1. The van der Waals surface area contributed by atoms with Gasteiger partial charge in [-0.3, -0.25) is 4.99 Å². The Bertz CT molecular complexity index is 476. The molecule has 0 bridgehead atoms. The highest BCUT2D eigenvalue weighted by molar-refractivity contribution is 14.0. The third-order valence-corrected chi connectivity index (χ3v) is 3.01. The zero-order chi connectivity index (χ0) is 15.3. The van der Waals surface area contributed by atoms with Crippen LogP contribution in [-0.4, -0.2) is 32.6 Å². The van der Waals surface area contributed by atoms with Crippen molar-refractivity contribution in [1.82, 2.24) is 10.6 Å². The summed E-state index contributed by atoms with van der Waals surface area (Å²) < 4.78 is 0. The van der Waals surface area contributed by atoms with Crippen molar-refractivity contribution in [2.45, 2.75) is 39.8 Å². The molecule has 0 radical (unpaired) electrons. The van der Waals surface area contributed by atoms with E-state index < -0.39 is 0 Å². The standard InChI is InChI=1S/C16H28N4.HI/c1-12-10-14(20(6)7)9-8-13(12)11-18-15(17-5)19-16(2,3)4;/h8-10H,11H2,1-7H3,(H2,17,18,19);1H. The molecule has 21 heavy (non-hydrogen) atoms. The summed E-state index contributed by atoms with van der Waals surface area (Å²) in [6, 6.07) is 6.52. The minimum Gasteiger partial charge on any atom is -0.378 e. The molecular formula is C16H29IN4. The first-order valence-corrected chi connectivity index (χ1v) is 6.98. The first kappa shape index (κ1) is 20.0. The summed E-state index contributed by atoms with van der Waals surface area (Å²) >= 11 is 0. The molecule has 0 aliphatic carbocycles. The molecule has 0 fully saturated rings. The molecule has 1 rings (SSSR count). The highest BCUT2D eigenvalue weighted by Crippen LogP contribution is 2.17. The lowest BCUT2D eigenvalue weighted by atomic mass is 10.1. The lowest BCUT2D eigenvalue weighted by molar-refractivity contribution is 0.501. The Hall–Kier alpha value is -0.980. The van der Waals surface area contributed by atoms with Crippen LogP contribution in [0.25, 0.3) is 0 Å². The van der Waals surface area contributed by atoms with E-state index >= 15 is 0 Å². The van der Waals surface area contributed by atoms with Crippen molar-refractivity contribution in [2.24, 2.45) is 4.99 Å². The average molecular weight is 404 g/mol. The summed E-state index contributed by atoms with van der Waals surface area (Å²) in [4.78, 5) is 6.37. The van der Waals surface area contributed by atoms with Gasteiger partial charge in [-0.05, 0) is 51.0 Å². The maximum Gasteiger partial charge on any atom is 0.191 e. The van der Waals surface area contributed by atoms with Gasteiger partial charge in [0.15, 0.2) is 5.96 Å². The van der Waals surface area contributed by atoms with Crippen molar-refractivity contribution in [3.63, 3.8) is 0 Å². The molecule has 0 atom stereocenters. The van der Waals surface area contributed by atoms with Crippen molar-refractivity contribution in [2.75, 3.05) is 26.0 Å². The van der Waals surface area contributed by atoms with Gasteiger partial charge in [0.05, 0.1) is 0 Å². The van der Waals surface area contributed by atoms with Crippen LogP contribution in [-0.2, 0) is 6.54 Å². The number of hydrogen-bond acceptors (Lipinski definition) is 2. The van der Waals surface area contributed by atoms with Crippen LogP contribution in [0.2, 0.25) is 0 Å². The van der Waals surface area contributed by atoms with Crippen LogP contribution in [0.1, 0.15) is 31.9 Å². The summed E-state index contributed by atoms with van der Waals surface area (Å²) in [6.45, 7) is 9.28. The van der Waals surface area contributed by atoms with Gasteiger partial charge in [0, 0.05) is 38.9 Å². The van der Waals surface area contributed by atoms with E-state index in [-0.39, 0.29) is 29.5 Å². The molecule has 0 heterocycles. The van der Waals surface area contributed by atoms with Crippen LogP contribution in [0.4, 0.5) is 5.69 Å². The van der Waals surface area contributed by atoms with Crippen LogP contribution >= 0.6 is 24.0 Å². The Morgan fingerprint density at radius 3 is 2.29 bits per heavy atom. The minimum atomic E-state index is 0. The second-order valence-electron chi connectivity index (χ2n) is 6.31. The van der Waals surface area contributed by atoms with E-state index in [0.717, 1.165) is 12.5 Å². The summed E-state index contributed by atoms with van der Waals surface area (Å²) in [5.41, 5.74) is 3.80. The normalized spacial score (nSPS) is 11.7. The van der Waals surface area contributed by atoms with E-state index in [1.165, 1.54) is 16.8 Å². The minimum absolute atomic E-state index is 0. The molecule has 0 saturated heterocycles. The second kappa shape index (κ2) is 8.46. The fourth-order valence-electron chi connectivity index (χ4n) is 1.87. The van der Waals surface area contributed by atoms with Crippen molar-refractivity contribution >= 4 is 35.6 Å². The molecule has 0 aromatic heterocycles.